The Hall–Kier alpha value is -4.51. The number of rotatable bonds is 5. The first-order chi connectivity index (χ1) is 15.3. The molecule has 0 spiro atoms. The largest absolute Gasteiger partial charge is 0.325 e. The summed E-state index contributed by atoms with van der Waals surface area (Å²) in [4.78, 5) is 37.4. The summed E-state index contributed by atoms with van der Waals surface area (Å²) in [5, 5.41) is 23.1. The molecule has 1 unspecified atom stereocenters. The van der Waals surface area contributed by atoms with Crippen LogP contribution in [0.1, 0.15) is 23.6 Å². The Bertz CT molecular complexity index is 1280. The van der Waals surface area contributed by atoms with Gasteiger partial charge in [0.05, 0.1) is 23.1 Å². The Balaban J connectivity index is 1.57. The van der Waals surface area contributed by atoms with Gasteiger partial charge in [-0.15, -0.1) is 0 Å². The van der Waals surface area contributed by atoms with E-state index >= 15 is 0 Å². The Morgan fingerprint density at radius 2 is 1.78 bits per heavy atom. The number of hydrogen-bond donors (Lipinski definition) is 1. The number of imide groups is 1. The lowest BCUT2D eigenvalue weighted by molar-refractivity contribution is -0.385. The van der Waals surface area contributed by atoms with Crippen LogP contribution in [0, 0.1) is 21.4 Å². The second-order valence-corrected chi connectivity index (χ2v) is 7.61. The third-order valence-corrected chi connectivity index (χ3v) is 5.56. The molecule has 8 nitrogen and oxygen atoms in total. The fraction of sp³-hybridized carbons (Fsp3) is 0.125. The van der Waals surface area contributed by atoms with E-state index in [1.54, 1.807) is 30.3 Å². The molecule has 1 fully saturated rings. The minimum Gasteiger partial charge on any atom is -0.319 e. The number of nitro benzene ring substituents is 1. The highest BCUT2D eigenvalue weighted by molar-refractivity contribution is 6.07. The van der Waals surface area contributed by atoms with Gasteiger partial charge in [0.1, 0.15) is 5.54 Å². The van der Waals surface area contributed by atoms with E-state index in [-0.39, 0.29) is 12.2 Å². The molecule has 3 amide bonds. The minimum atomic E-state index is -1.39. The number of benzene rings is 3. The predicted octanol–water partition coefficient (Wildman–Crippen LogP) is 4.10. The number of carbonyl (C=O) groups excluding carboxylic acids is 2. The maximum atomic E-state index is 13.1. The summed E-state index contributed by atoms with van der Waals surface area (Å²) in [5.41, 5.74) is 1.74. The van der Waals surface area contributed by atoms with E-state index < -0.39 is 22.4 Å². The van der Waals surface area contributed by atoms with Crippen LogP contribution in [-0.4, -0.2) is 21.8 Å². The maximum Gasteiger partial charge on any atom is 0.325 e. The molecule has 0 bridgehead atoms. The summed E-state index contributed by atoms with van der Waals surface area (Å²) in [7, 11) is 0. The van der Waals surface area contributed by atoms with Crippen LogP contribution in [0.25, 0.3) is 11.1 Å². The molecule has 1 heterocycles. The quantitative estimate of drug-likeness (QED) is 0.374. The highest BCUT2D eigenvalue weighted by Gasteiger charge is 2.49. The van der Waals surface area contributed by atoms with E-state index in [9.17, 15) is 25.0 Å². The van der Waals surface area contributed by atoms with Gasteiger partial charge >= 0.3 is 6.03 Å². The van der Waals surface area contributed by atoms with Gasteiger partial charge in [-0.25, -0.2) is 4.79 Å². The molecule has 3 aromatic carbocycles. The van der Waals surface area contributed by atoms with Crippen LogP contribution in [0.3, 0.4) is 0 Å². The number of non-ortho nitro benzene ring substituents is 1. The standard InChI is InChI=1S/C24H18N4O4/c1-24(19-6-4-7-20(13-19)28(31)32)22(29)27(23(30)26-24)15-16-9-11-17(12-10-16)21-8-3-2-5-18(21)14-25/h2-13H,15H2,1H3,(H,26,30). The van der Waals surface area contributed by atoms with Crippen molar-refractivity contribution in [1.82, 2.24) is 10.2 Å². The van der Waals surface area contributed by atoms with Gasteiger partial charge in [0.2, 0.25) is 0 Å². The molecule has 4 rings (SSSR count). The number of nitrogens with one attached hydrogen (secondary N) is 1. The SMILES string of the molecule is CC1(c2cccc([N+](=O)[O-])c2)NC(=O)N(Cc2ccc(-c3ccccc3C#N)cc2)C1=O. The number of nitriles is 1. The molecule has 32 heavy (non-hydrogen) atoms. The van der Waals surface area contributed by atoms with Crippen LogP contribution < -0.4 is 5.32 Å². The predicted molar refractivity (Wildman–Crippen MR) is 116 cm³/mol. The number of hydrogen-bond acceptors (Lipinski definition) is 5. The van der Waals surface area contributed by atoms with Crippen molar-refractivity contribution in [2.24, 2.45) is 0 Å². The first-order valence-electron chi connectivity index (χ1n) is 9.81. The normalized spacial score (nSPS) is 17.7. The van der Waals surface area contributed by atoms with E-state index in [2.05, 4.69) is 11.4 Å². The molecule has 1 saturated heterocycles. The zero-order chi connectivity index (χ0) is 22.9. The highest BCUT2D eigenvalue weighted by Crippen LogP contribution is 2.32. The number of carbonyl (C=O) groups is 2. The summed E-state index contributed by atoms with van der Waals surface area (Å²) in [6, 6.07) is 21.8. The van der Waals surface area contributed by atoms with Crippen molar-refractivity contribution >= 4 is 17.6 Å². The zero-order valence-electron chi connectivity index (χ0n) is 17.1. The van der Waals surface area contributed by atoms with Crippen molar-refractivity contribution in [3.05, 3.63) is 99.6 Å². The molecule has 1 atom stereocenters. The van der Waals surface area contributed by atoms with E-state index in [0.29, 0.717) is 11.1 Å². The zero-order valence-corrected chi connectivity index (χ0v) is 17.1. The van der Waals surface area contributed by atoms with Crippen LogP contribution in [0.2, 0.25) is 0 Å². The molecule has 158 valence electrons. The Morgan fingerprint density at radius 3 is 2.47 bits per heavy atom. The van der Waals surface area contributed by atoms with Crippen LogP contribution in [0.5, 0.6) is 0 Å². The van der Waals surface area contributed by atoms with Crippen molar-refractivity contribution in [1.29, 1.82) is 5.26 Å². The van der Waals surface area contributed by atoms with Gasteiger partial charge in [0.15, 0.2) is 0 Å². The summed E-state index contributed by atoms with van der Waals surface area (Å²) >= 11 is 0. The molecule has 0 aromatic heterocycles. The summed E-state index contributed by atoms with van der Waals surface area (Å²) in [5.74, 6) is -0.484. The van der Waals surface area contributed by atoms with Crippen LogP contribution in [0.4, 0.5) is 10.5 Å². The first kappa shape index (κ1) is 20.8. The van der Waals surface area contributed by atoms with Gasteiger partial charge in [-0.1, -0.05) is 54.6 Å². The molecule has 1 N–H and O–H groups in total. The van der Waals surface area contributed by atoms with Gasteiger partial charge in [-0.3, -0.25) is 19.8 Å². The van der Waals surface area contributed by atoms with E-state index in [4.69, 9.17) is 0 Å². The van der Waals surface area contributed by atoms with Crippen molar-refractivity contribution in [3.8, 4) is 17.2 Å². The van der Waals surface area contributed by atoms with Crippen molar-refractivity contribution in [2.45, 2.75) is 19.0 Å². The number of nitro groups is 1. The van der Waals surface area contributed by atoms with Crippen LogP contribution in [0.15, 0.2) is 72.8 Å². The molecule has 3 aromatic rings. The van der Waals surface area contributed by atoms with Gasteiger partial charge in [0, 0.05) is 12.1 Å². The maximum absolute atomic E-state index is 13.1. The molecule has 0 radical (unpaired) electrons. The Kier molecular flexibility index (Phi) is 5.16. The smallest absolute Gasteiger partial charge is 0.319 e. The topological polar surface area (TPSA) is 116 Å². The average molecular weight is 426 g/mol. The number of nitrogens with zero attached hydrogens (tertiary/aromatic N) is 3. The number of urea groups is 1. The summed E-state index contributed by atoms with van der Waals surface area (Å²) in [6.45, 7) is 1.59. The molecule has 1 aliphatic heterocycles. The van der Waals surface area contributed by atoms with Crippen molar-refractivity contribution in [2.75, 3.05) is 0 Å². The van der Waals surface area contributed by atoms with Gasteiger partial charge < -0.3 is 5.32 Å². The summed E-state index contributed by atoms with van der Waals surface area (Å²) < 4.78 is 0. The third kappa shape index (κ3) is 3.56. The fourth-order valence-corrected chi connectivity index (χ4v) is 3.77. The Labute approximate surface area is 183 Å². The van der Waals surface area contributed by atoms with Crippen LogP contribution >= 0.6 is 0 Å². The van der Waals surface area contributed by atoms with E-state index in [1.165, 1.54) is 25.1 Å². The lowest BCUT2D eigenvalue weighted by atomic mass is 9.91. The molecular formula is C24H18N4O4. The second kappa shape index (κ2) is 7.96. The Morgan fingerprint density at radius 1 is 1.06 bits per heavy atom. The molecule has 0 aliphatic carbocycles. The molecule has 8 heteroatoms. The minimum absolute atomic E-state index is 0.0510. The third-order valence-electron chi connectivity index (χ3n) is 5.56. The van der Waals surface area contributed by atoms with E-state index in [0.717, 1.165) is 21.6 Å². The molecular weight excluding hydrogens is 408 g/mol. The van der Waals surface area contributed by atoms with Crippen molar-refractivity contribution in [3.63, 3.8) is 0 Å². The summed E-state index contributed by atoms with van der Waals surface area (Å²) in [6.07, 6.45) is 0. The van der Waals surface area contributed by atoms with Gasteiger partial charge in [-0.05, 0) is 35.2 Å². The second-order valence-electron chi connectivity index (χ2n) is 7.61. The van der Waals surface area contributed by atoms with Crippen LogP contribution in [-0.2, 0) is 16.9 Å². The lowest BCUT2D eigenvalue weighted by Gasteiger charge is -2.22. The molecule has 0 saturated carbocycles. The van der Waals surface area contributed by atoms with Gasteiger partial charge in [0.25, 0.3) is 11.6 Å². The average Bonchev–Trinajstić information content (AvgIpc) is 3.03. The van der Waals surface area contributed by atoms with E-state index in [1.807, 2.05) is 24.3 Å². The monoisotopic (exact) mass is 426 g/mol. The van der Waals surface area contributed by atoms with Crippen molar-refractivity contribution < 1.29 is 14.5 Å². The van der Waals surface area contributed by atoms with Gasteiger partial charge in [-0.2, -0.15) is 5.26 Å². The highest BCUT2D eigenvalue weighted by atomic mass is 16.6. The number of amides is 3. The first-order valence-corrected chi connectivity index (χ1v) is 9.81. The molecule has 1 aliphatic rings. The fourth-order valence-electron chi connectivity index (χ4n) is 3.77. The lowest BCUT2D eigenvalue weighted by Crippen LogP contribution is -2.40.